The molecule has 92 heavy (non-hydrogen) atoms. The summed E-state index contributed by atoms with van der Waals surface area (Å²) in [6.45, 7) is 15.7. The molecule has 32 heteroatoms. The first-order valence-corrected chi connectivity index (χ1v) is 32.6. The molecule has 6 aliphatic heterocycles. The van der Waals surface area contributed by atoms with Crippen LogP contribution in [0, 0.1) is 39.4 Å². The van der Waals surface area contributed by atoms with Crippen molar-refractivity contribution in [3.63, 3.8) is 0 Å². The number of cyclic esters (lactones) is 1. The van der Waals surface area contributed by atoms with E-state index in [1.807, 2.05) is 27.7 Å². The average Bonchev–Trinajstić information content (AvgIpc) is 1.44. The van der Waals surface area contributed by atoms with Gasteiger partial charge < -0.3 is 118 Å². The minimum absolute atomic E-state index is 0. The Bertz CT molecular complexity index is 2820. The minimum atomic E-state index is -5.54. The average molecular weight is 1350 g/mol. The number of hydrogen-bond donors (Lipinski definition) is 11. The molecule has 6 heterocycles. The molecule has 31 atom stereocenters. The Morgan fingerprint density at radius 1 is 0.707 bits per heavy atom. The van der Waals surface area contributed by atoms with E-state index in [0.29, 0.717) is 38.5 Å². The fourth-order valence-electron chi connectivity index (χ4n) is 17.2. The molecule has 6 saturated heterocycles. The van der Waals surface area contributed by atoms with Crippen LogP contribution in [0.4, 0.5) is 0 Å². The van der Waals surface area contributed by atoms with E-state index in [1.54, 1.807) is 0 Å². The maximum absolute atomic E-state index is 14.5. The molecule has 518 valence electrons. The van der Waals surface area contributed by atoms with E-state index >= 15 is 0 Å². The monoisotopic (exact) mass is 1350 g/mol. The van der Waals surface area contributed by atoms with Crippen LogP contribution < -0.4 is 29.6 Å². The van der Waals surface area contributed by atoms with Crippen LogP contribution in [0.1, 0.15) is 113 Å². The normalized spacial score (nSPS) is 49.2. The van der Waals surface area contributed by atoms with Gasteiger partial charge in [0, 0.05) is 18.8 Å². The molecule has 10 rings (SSSR count). The van der Waals surface area contributed by atoms with E-state index in [1.165, 1.54) is 6.92 Å². The first-order valence-electron chi connectivity index (χ1n) is 31.3. The van der Waals surface area contributed by atoms with Gasteiger partial charge in [-0.25, -0.2) is 8.42 Å². The number of Topliss-reactive ketones (excluding diaryl/α,β-unsaturated/α-hetero) is 1. The second-order valence-electron chi connectivity index (χ2n) is 28.0. The van der Waals surface area contributed by atoms with Crippen LogP contribution in [0.15, 0.2) is 23.8 Å². The third-order valence-electron chi connectivity index (χ3n) is 21.8. The van der Waals surface area contributed by atoms with Gasteiger partial charge in [-0.15, -0.1) is 6.58 Å². The standard InChI is InChI=1S/C60H92O30S.Na/c1-24(2)11-10-16-59(9)49-29(63)19-58(8)28-12-13-34-56(5,6)35(15-17-57(34,7)27(28)14-18-60(49,58)55(74)89-59)84-53-47(39(68)33(23-80-53)90-91(75,76)77)88-54-48(87-50-41(70)36(65)30(64)21-79-50)43(72)45(25(3)81-54)85-52-44(73)46(38(67)31(20-61)82-52)86-51-42(71)40(69)37(66)32(83-51)22-78-26(4)62;/h12,25,27,30-54,61,64-73H,1,10-11,13-23H2,2-9H3,(H,75,76,77);/q;+1/p-1/t25?,27?,30?,31?,32?,33?,34?,35?,36?,37?,38?,39?,40?,41?,42?,43?,44?,45?,46?,47?,48?,49?,50?,51?,52?,53?,54?,57?,58-,59-,60?;/m0./s1. The topological polar surface area (TPSA) is 451 Å². The molecule has 0 radical (unpaired) electrons. The molecule has 0 aromatic rings. The second kappa shape index (κ2) is 28.0. The zero-order valence-corrected chi connectivity index (χ0v) is 56.0. The number of allylic oxidation sites excluding steroid dienone is 3. The van der Waals surface area contributed by atoms with Crippen LogP contribution in [0.2, 0.25) is 0 Å². The van der Waals surface area contributed by atoms with E-state index in [0.717, 1.165) is 30.9 Å². The Morgan fingerprint density at radius 3 is 1.99 bits per heavy atom. The van der Waals surface area contributed by atoms with E-state index in [4.69, 9.17) is 61.0 Å². The van der Waals surface area contributed by atoms with Crippen molar-refractivity contribution in [3.8, 4) is 0 Å². The quantitative estimate of drug-likeness (QED) is 0.0189. The molecule has 3 saturated carbocycles. The molecule has 0 aromatic carbocycles. The fraction of sp³-hybridized carbons (Fsp3) is 0.883. The summed E-state index contributed by atoms with van der Waals surface area (Å²) in [5, 5.41) is 122. The SMILES string of the molecule is C=C(C)CCC[C@]1(C)OC(=O)C23CCC4C(=CCC5C(C)(C)C(OC6OCC(OS(=O)(=O)[O-])C(O)C6OC6OC(C)C(OC7OC(CO)C(O)C(OC8OC(COC(C)=O)C(O)C(O)C8O)C7O)C(O)C6OC6OCC(O)C(O)C6O)CCC45C)[C@]2(C)CC(=O)C31.[Na+]. The van der Waals surface area contributed by atoms with Crippen LogP contribution in [-0.4, -0.2) is 266 Å². The number of aliphatic hydroxyl groups excluding tert-OH is 11. The van der Waals surface area contributed by atoms with Crippen molar-refractivity contribution in [1.29, 1.82) is 0 Å². The summed E-state index contributed by atoms with van der Waals surface area (Å²) < 4.78 is 113. The smallest absolute Gasteiger partial charge is 0.726 e. The third kappa shape index (κ3) is 13.4. The predicted octanol–water partition coefficient (Wildman–Crippen LogP) is -5.34. The zero-order chi connectivity index (χ0) is 66.6. The second-order valence-corrected chi connectivity index (χ2v) is 29.0. The van der Waals surface area contributed by atoms with Gasteiger partial charge in [0.1, 0.15) is 122 Å². The largest absolute Gasteiger partial charge is 1.00 e. The van der Waals surface area contributed by atoms with Crippen molar-refractivity contribution in [3.05, 3.63) is 23.8 Å². The summed E-state index contributed by atoms with van der Waals surface area (Å²) in [5.41, 5.74) is -1.84. The van der Waals surface area contributed by atoms with Gasteiger partial charge >= 0.3 is 41.5 Å². The van der Waals surface area contributed by atoms with Crippen molar-refractivity contribution < 1.29 is 174 Å². The first kappa shape index (κ1) is 74.3. The third-order valence-corrected chi connectivity index (χ3v) is 22.3. The van der Waals surface area contributed by atoms with Crippen molar-refractivity contribution in [1.82, 2.24) is 0 Å². The summed E-state index contributed by atoms with van der Waals surface area (Å²) in [4.78, 5) is 40.5. The molecule has 29 unspecified atom stereocenters. The van der Waals surface area contributed by atoms with Crippen molar-refractivity contribution in [2.75, 3.05) is 26.4 Å². The molecule has 0 aromatic heterocycles. The van der Waals surface area contributed by atoms with Gasteiger partial charge in [0.25, 0.3) is 0 Å². The van der Waals surface area contributed by atoms with Crippen LogP contribution in [0.25, 0.3) is 0 Å². The minimum Gasteiger partial charge on any atom is -0.726 e. The molecule has 30 nitrogen and oxygen atoms in total. The van der Waals surface area contributed by atoms with E-state index in [-0.39, 0.29) is 59.6 Å². The number of hydrogen-bond acceptors (Lipinski definition) is 30. The van der Waals surface area contributed by atoms with Crippen LogP contribution in [0.5, 0.6) is 0 Å². The first-order chi connectivity index (χ1) is 42.5. The molecular weight excluding hydrogens is 1260 g/mol. The Morgan fingerprint density at radius 2 is 1.33 bits per heavy atom. The van der Waals surface area contributed by atoms with Gasteiger partial charge in [-0.2, -0.15) is 0 Å². The molecule has 4 aliphatic carbocycles. The molecule has 10 aliphatic rings. The van der Waals surface area contributed by atoms with Crippen LogP contribution in [-0.2, 0) is 85.8 Å². The van der Waals surface area contributed by atoms with Gasteiger partial charge in [0.05, 0.1) is 43.4 Å². The summed E-state index contributed by atoms with van der Waals surface area (Å²) >= 11 is 0. The van der Waals surface area contributed by atoms with Crippen molar-refractivity contribution in [2.45, 2.75) is 266 Å². The van der Waals surface area contributed by atoms with E-state index in [9.17, 15) is 83.5 Å². The Labute approximate surface area is 555 Å². The molecule has 11 N–H and O–H groups in total. The maximum atomic E-state index is 14.5. The van der Waals surface area contributed by atoms with Crippen LogP contribution >= 0.6 is 0 Å². The number of ether oxygens (including phenoxy) is 12. The Balaban J connectivity index is 0.00001000. The van der Waals surface area contributed by atoms with Gasteiger partial charge in [-0.3, -0.25) is 18.6 Å². The number of carbonyl (C=O) groups excluding carboxylic acids is 3. The van der Waals surface area contributed by atoms with Crippen molar-refractivity contribution >= 4 is 28.1 Å². The van der Waals surface area contributed by atoms with E-state index in [2.05, 4.69) is 26.5 Å². The summed E-state index contributed by atoms with van der Waals surface area (Å²) in [5.74, 6) is -1.83. The molecule has 0 amide bonds. The van der Waals surface area contributed by atoms with Gasteiger partial charge in [-0.1, -0.05) is 44.9 Å². The predicted molar refractivity (Wildman–Crippen MR) is 301 cm³/mol. The fourth-order valence-corrected chi connectivity index (χ4v) is 17.6. The maximum Gasteiger partial charge on any atom is 1.00 e. The van der Waals surface area contributed by atoms with Gasteiger partial charge in [-0.05, 0) is 94.8 Å². The van der Waals surface area contributed by atoms with Gasteiger partial charge in [0.15, 0.2) is 31.5 Å². The summed E-state index contributed by atoms with van der Waals surface area (Å²) in [6.07, 6.45) is -36.9. The molecule has 9 fully saturated rings. The Kier molecular flexibility index (Phi) is 22.7. The number of rotatable bonds is 19. The summed E-state index contributed by atoms with van der Waals surface area (Å²) in [6, 6.07) is 0. The summed E-state index contributed by atoms with van der Waals surface area (Å²) in [7, 11) is -5.54. The number of fused-ring (bicyclic) bond motifs is 4. The molecule has 0 bridgehead atoms. The number of aliphatic hydroxyl groups is 11. The zero-order valence-electron chi connectivity index (χ0n) is 53.1. The van der Waals surface area contributed by atoms with Crippen LogP contribution in [0.3, 0.4) is 0 Å². The number of esters is 2. The van der Waals surface area contributed by atoms with Gasteiger partial charge in [0.2, 0.25) is 10.4 Å². The molecular formula is C60H91NaO30S. The van der Waals surface area contributed by atoms with Crippen molar-refractivity contribution in [2.24, 2.45) is 39.4 Å². The molecule has 1 spiro atoms. The number of ketones is 1. The number of carbonyl (C=O) groups is 3. The van der Waals surface area contributed by atoms with E-state index < -0.39 is 223 Å². The Hall–Kier alpha value is -1.88.